The highest BCUT2D eigenvalue weighted by molar-refractivity contribution is 7.09. The van der Waals surface area contributed by atoms with Crippen molar-refractivity contribution < 1.29 is 4.74 Å². The third-order valence-corrected chi connectivity index (χ3v) is 2.24. The van der Waals surface area contributed by atoms with Crippen LogP contribution in [-0.4, -0.2) is 29.1 Å². The van der Waals surface area contributed by atoms with Gasteiger partial charge in [-0.3, -0.25) is 0 Å². The first-order valence-corrected chi connectivity index (χ1v) is 5.22. The molecule has 0 fully saturated rings. The van der Waals surface area contributed by atoms with Crippen molar-refractivity contribution in [1.82, 2.24) is 9.36 Å². The van der Waals surface area contributed by atoms with E-state index in [-0.39, 0.29) is 0 Å². The van der Waals surface area contributed by atoms with Crippen molar-refractivity contribution in [2.45, 2.75) is 20.3 Å². The van der Waals surface area contributed by atoms with E-state index in [1.165, 1.54) is 11.5 Å². The number of rotatable bonds is 6. The zero-order chi connectivity index (χ0) is 9.52. The number of anilines is 1. The summed E-state index contributed by atoms with van der Waals surface area (Å²) in [5.41, 5.74) is 0. The Balaban J connectivity index is 2.06. The quantitative estimate of drug-likeness (QED) is 0.711. The molecule has 0 amide bonds. The lowest BCUT2D eigenvalue weighted by Crippen LogP contribution is -2.05. The minimum absolute atomic E-state index is 0.790. The summed E-state index contributed by atoms with van der Waals surface area (Å²) in [6.07, 6.45) is 1.01. The molecule has 0 aliphatic rings. The van der Waals surface area contributed by atoms with Gasteiger partial charge in [0, 0.05) is 31.3 Å². The average Bonchev–Trinajstić information content (AvgIpc) is 2.51. The van der Waals surface area contributed by atoms with Gasteiger partial charge in [0.15, 0.2) is 0 Å². The van der Waals surface area contributed by atoms with Crippen LogP contribution < -0.4 is 5.32 Å². The second-order valence-corrected chi connectivity index (χ2v) is 3.38. The van der Waals surface area contributed by atoms with Crippen LogP contribution in [0.3, 0.4) is 0 Å². The van der Waals surface area contributed by atoms with Crippen molar-refractivity contribution in [2.75, 3.05) is 25.1 Å². The van der Waals surface area contributed by atoms with E-state index in [0.717, 1.165) is 37.1 Å². The topological polar surface area (TPSA) is 47.0 Å². The van der Waals surface area contributed by atoms with Gasteiger partial charge < -0.3 is 10.1 Å². The van der Waals surface area contributed by atoms with Crippen molar-refractivity contribution >= 4 is 16.7 Å². The van der Waals surface area contributed by atoms with Crippen LogP contribution in [0, 0.1) is 6.92 Å². The molecule has 1 N–H and O–H groups in total. The second-order valence-electron chi connectivity index (χ2n) is 2.62. The normalized spacial score (nSPS) is 10.3. The highest BCUT2D eigenvalue weighted by Gasteiger charge is 1.97. The van der Waals surface area contributed by atoms with Gasteiger partial charge in [-0.05, 0) is 20.3 Å². The Morgan fingerprint density at radius 3 is 3.00 bits per heavy atom. The largest absolute Gasteiger partial charge is 0.382 e. The lowest BCUT2D eigenvalue weighted by Gasteiger charge is -2.01. The molecule has 0 atom stereocenters. The van der Waals surface area contributed by atoms with Crippen LogP contribution in [0.4, 0.5) is 5.13 Å². The Morgan fingerprint density at radius 2 is 2.38 bits per heavy atom. The van der Waals surface area contributed by atoms with Gasteiger partial charge >= 0.3 is 0 Å². The van der Waals surface area contributed by atoms with Crippen LogP contribution in [0.25, 0.3) is 0 Å². The van der Waals surface area contributed by atoms with Crippen molar-refractivity contribution in [1.29, 1.82) is 0 Å². The smallest absolute Gasteiger partial charge is 0.202 e. The molecule has 0 aliphatic carbocycles. The van der Waals surface area contributed by atoms with Gasteiger partial charge in [-0.25, -0.2) is 4.98 Å². The molecule has 13 heavy (non-hydrogen) atoms. The molecule has 0 aliphatic heterocycles. The van der Waals surface area contributed by atoms with E-state index in [9.17, 15) is 0 Å². The summed E-state index contributed by atoms with van der Waals surface area (Å²) in [7, 11) is 0. The predicted octanol–water partition coefficient (Wildman–Crippen LogP) is 1.69. The van der Waals surface area contributed by atoms with Gasteiger partial charge in [-0.15, -0.1) is 0 Å². The van der Waals surface area contributed by atoms with E-state index in [2.05, 4.69) is 14.7 Å². The molecular formula is C8H15N3OS. The van der Waals surface area contributed by atoms with Crippen molar-refractivity contribution in [2.24, 2.45) is 0 Å². The molecule has 1 rings (SSSR count). The van der Waals surface area contributed by atoms with E-state index in [1.54, 1.807) is 0 Å². The first kappa shape index (κ1) is 10.4. The van der Waals surface area contributed by atoms with Gasteiger partial charge in [0.2, 0.25) is 5.13 Å². The van der Waals surface area contributed by atoms with Crippen LogP contribution in [-0.2, 0) is 4.74 Å². The Hall–Kier alpha value is -0.680. The zero-order valence-electron chi connectivity index (χ0n) is 8.04. The number of aromatic nitrogens is 2. The predicted molar refractivity (Wildman–Crippen MR) is 54.2 cm³/mol. The summed E-state index contributed by atoms with van der Waals surface area (Å²) < 4.78 is 9.27. The number of hydrogen-bond donors (Lipinski definition) is 1. The van der Waals surface area contributed by atoms with Crippen LogP contribution >= 0.6 is 11.5 Å². The molecule has 5 heteroatoms. The van der Waals surface area contributed by atoms with Gasteiger partial charge in [-0.1, -0.05) is 0 Å². The minimum atomic E-state index is 0.790. The summed E-state index contributed by atoms with van der Waals surface area (Å²) in [4.78, 5) is 4.18. The summed E-state index contributed by atoms with van der Waals surface area (Å²) >= 11 is 1.40. The molecule has 0 bridgehead atoms. The zero-order valence-corrected chi connectivity index (χ0v) is 8.86. The number of ether oxygens (including phenoxy) is 1. The molecule has 0 spiro atoms. The minimum Gasteiger partial charge on any atom is -0.382 e. The summed E-state index contributed by atoms with van der Waals surface area (Å²) in [5.74, 6) is 0.831. The molecule has 0 radical (unpaired) electrons. The average molecular weight is 201 g/mol. The van der Waals surface area contributed by atoms with Gasteiger partial charge in [0.05, 0.1) is 0 Å². The van der Waals surface area contributed by atoms with E-state index in [1.807, 2.05) is 13.8 Å². The number of hydrogen-bond acceptors (Lipinski definition) is 5. The van der Waals surface area contributed by atoms with Gasteiger partial charge in [0.1, 0.15) is 5.82 Å². The molecule has 0 aromatic carbocycles. The molecule has 1 aromatic rings. The second kappa shape index (κ2) is 5.88. The molecule has 1 aromatic heterocycles. The number of nitrogens with zero attached hydrogens (tertiary/aromatic N) is 2. The molecule has 4 nitrogen and oxygen atoms in total. The van der Waals surface area contributed by atoms with Crippen LogP contribution in [0.5, 0.6) is 0 Å². The fourth-order valence-corrected chi connectivity index (χ4v) is 1.48. The lowest BCUT2D eigenvalue weighted by atomic mass is 10.4. The summed E-state index contributed by atoms with van der Waals surface area (Å²) in [6.45, 7) is 6.39. The molecule has 0 saturated carbocycles. The Kier molecular flexibility index (Phi) is 4.70. The van der Waals surface area contributed by atoms with E-state index in [0.29, 0.717) is 0 Å². The summed E-state index contributed by atoms with van der Waals surface area (Å²) in [6, 6.07) is 0. The van der Waals surface area contributed by atoms with E-state index >= 15 is 0 Å². The molecule has 0 unspecified atom stereocenters. The van der Waals surface area contributed by atoms with Crippen LogP contribution in [0.2, 0.25) is 0 Å². The lowest BCUT2D eigenvalue weighted by molar-refractivity contribution is 0.147. The Morgan fingerprint density at radius 1 is 1.54 bits per heavy atom. The van der Waals surface area contributed by atoms with Crippen molar-refractivity contribution in [3.05, 3.63) is 5.82 Å². The van der Waals surface area contributed by atoms with Crippen LogP contribution in [0.1, 0.15) is 19.2 Å². The fourth-order valence-electron chi connectivity index (χ4n) is 0.883. The highest BCUT2D eigenvalue weighted by Crippen LogP contribution is 2.09. The molecule has 1 heterocycles. The third kappa shape index (κ3) is 4.19. The molecule has 0 saturated heterocycles. The maximum Gasteiger partial charge on any atom is 0.202 e. The maximum absolute atomic E-state index is 5.20. The summed E-state index contributed by atoms with van der Waals surface area (Å²) in [5, 5.41) is 4.09. The number of nitrogens with one attached hydrogen (secondary N) is 1. The standard InChI is InChI=1S/C8H15N3OS/c1-3-12-6-4-5-9-8-10-7(2)11-13-8/h3-6H2,1-2H3,(H,9,10,11). The Bertz CT molecular complexity index is 239. The van der Waals surface area contributed by atoms with Gasteiger partial charge in [-0.2, -0.15) is 4.37 Å². The maximum atomic E-state index is 5.20. The van der Waals surface area contributed by atoms with E-state index in [4.69, 9.17) is 4.74 Å². The molecular weight excluding hydrogens is 186 g/mol. The highest BCUT2D eigenvalue weighted by atomic mass is 32.1. The first-order valence-electron chi connectivity index (χ1n) is 4.45. The Labute approximate surface area is 82.5 Å². The number of aryl methyl sites for hydroxylation is 1. The van der Waals surface area contributed by atoms with Gasteiger partial charge in [0.25, 0.3) is 0 Å². The fraction of sp³-hybridized carbons (Fsp3) is 0.750. The molecule has 74 valence electrons. The monoisotopic (exact) mass is 201 g/mol. The SMILES string of the molecule is CCOCCCNc1nc(C)ns1. The van der Waals surface area contributed by atoms with E-state index < -0.39 is 0 Å². The first-order chi connectivity index (χ1) is 6.33. The van der Waals surface area contributed by atoms with Crippen molar-refractivity contribution in [3.63, 3.8) is 0 Å². The van der Waals surface area contributed by atoms with Crippen molar-refractivity contribution in [3.8, 4) is 0 Å². The third-order valence-electron chi connectivity index (χ3n) is 1.47. The van der Waals surface area contributed by atoms with Crippen LogP contribution in [0.15, 0.2) is 0 Å².